The fourth-order valence-electron chi connectivity index (χ4n) is 4.35. The zero-order chi connectivity index (χ0) is 23.6. The fraction of sp³-hybridized carbons (Fsp3) is 0.375. The summed E-state index contributed by atoms with van der Waals surface area (Å²) < 4.78 is 32.2. The number of halogens is 2. The third-order valence-corrected chi connectivity index (χ3v) is 6.12. The molecule has 33 heavy (non-hydrogen) atoms. The van der Waals surface area contributed by atoms with E-state index in [1.54, 1.807) is 30.1 Å². The number of aromatic nitrogens is 2. The summed E-state index contributed by atoms with van der Waals surface area (Å²) in [6.45, 7) is 0.254. The topological polar surface area (TPSA) is 87.3 Å². The van der Waals surface area contributed by atoms with E-state index in [4.69, 9.17) is 4.74 Å². The van der Waals surface area contributed by atoms with Crippen LogP contribution in [0.15, 0.2) is 36.4 Å². The van der Waals surface area contributed by atoms with Crippen molar-refractivity contribution >= 4 is 22.8 Å². The minimum absolute atomic E-state index is 0.0561. The summed E-state index contributed by atoms with van der Waals surface area (Å²) in [7, 11) is 3.09. The molecule has 9 heteroatoms. The van der Waals surface area contributed by atoms with E-state index in [1.165, 1.54) is 25.3 Å². The van der Waals surface area contributed by atoms with Crippen LogP contribution < -0.4 is 10.1 Å². The van der Waals surface area contributed by atoms with Crippen LogP contribution in [-0.2, 0) is 22.6 Å². The Morgan fingerprint density at radius 1 is 1.24 bits per heavy atom. The van der Waals surface area contributed by atoms with Gasteiger partial charge in [0.1, 0.15) is 11.6 Å². The molecule has 2 amide bonds. The lowest BCUT2D eigenvalue weighted by molar-refractivity contribution is -0.131. The van der Waals surface area contributed by atoms with E-state index in [2.05, 4.69) is 15.3 Å². The molecule has 1 saturated heterocycles. The maximum Gasteiger partial charge on any atom is 0.222 e. The molecular weight excluding hydrogens is 430 g/mol. The first kappa shape index (κ1) is 22.7. The van der Waals surface area contributed by atoms with Crippen LogP contribution >= 0.6 is 0 Å². The van der Waals surface area contributed by atoms with Crippen molar-refractivity contribution in [3.05, 3.63) is 59.4 Å². The molecule has 0 unspecified atom stereocenters. The van der Waals surface area contributed by atoms with Crippen LogP contribution in [0.4, 0.5) is 8.78 Å². The lowest BCUT2D eigenvalue weighted by Crippen LogP contribution is -2.44. The largest absolute Gasteiger partial charge is 0.494 e. The lowest BCUT2D eigenvalue weighted by atomic mass is 9.84. The van der Waals surface area contributed by atoms with Crippen LogP contribution in [0, 0.1) is 11.6 Å². The van der Waals surface area contributed by atoms with Gasteiger partial charge in [-0.2, -0.15) is 0 Å². The molecule has 0 radical (unpaired) electrons. The van der Waals surface area contributed by atoms with Crippen LogP contribution in [0.1, 0.15) is 37.1 Å². The molecule has 3 aromatic rings. The van der Waals surface area contributed by atoms with Crippen LogP contribution in [0.3, 0.4) is 0 Å². The van der Waals surface area contributed by atoms with Crippen molar-refractivity contribution in [1.29, 1.82) is 0 Å². The predicted molar refractivity (Wildman–Crippen MR) is 119 cm³/mol. The normalized spacial score (nSPS) is 17.9. The van der Waals surface area contributed by atoms with Crippen LogP contribution in [-0.4, -0.2) is 46.4 Å². The Kier molecular flexibility index (Phi) is 6.31. The quantitative estimate of drug-likeness (QED) is 0.543. The molecule has 0 spiro atoms. The summed E-state index contributed by atoms with van der Waals surface area (Å²) in [5.41, 5.74) is 1.46. The average molecular weight is 456 g/mol. The van der Waals surface area contributed by atoms with Gasteiger partial charge in [-0.25, -0.2) is 13.8 Å². The zero-order valence-corrected chi connectivity index (χ0v) is 18.6. The summed E-state index contributed by atoms with van der Waals surface area (Å²) in [5.74, 6) is -0.249. The lowest BCUT2D eigenvalue weighted by Gasteiger charge is -2.30. The summed E-state index contributed by atoms with van der Waals surface area (Å²) in [6, 6.07) is 8.93. The fourth-order valence-corrected chi connectivity index (χ4v) is 4.35. The van der Waals surface area contributed by atoms with Crippen LogP contribution in [0.2, 0.25) is 0 Å². The van der Waals surface area contributed by atoms with Crippen molar-refractivity contribution in [2.75, 3.05) is 14.2 Å². The van der Waals surface area contributed by atoms with Crippen LogP contribution in [0.25, 0.3) is 11.0 Å². The first-order chi connectivity index (χ1) is 15.8. The number of benzene rings is 2. The number of ether oxygens (including phenoxy) is 1. The van der Waals surface area contributed by atoms with E-state index in [0.717, 1.165) is 5.56 Å². The van der Waals surface area contributed by atoms with E-state index in [1.807, 2.05) is 0 Å². The minimum atomic E-state index is -0.576. The molecule has 1 aliphatic rings. The number of H-pyrrole nitrogens is 1. The number of carbonyl (C=O) groups is 2. The van der Waals surface area contributed by atoms with Crippen molar-refractivity contribution in [3.8, 4) is 5.75 Å². The number of rotatable bonds is 8. The molecule has 4 rings (SSSR count). The summed E-state index contributed by atoms with van der Waals surface area (Å²) in [5, 5.41) is 3.04. The van der Waals surface area contributed by atoms with E-state index in [-0.39, 0.29) is 36.3 Å². The van der Waals surface area contributed by atoms with Gasteiger partial charge < -0.3 is 19.9 Å². The zero-order valence-electron chi connectivity index (χ0n) is 18.6. The summed E-state index contributed by atoms with van der Waals surface area (Å²) in [4.78, 5) is 33.9. The number of imidazole rings is 1. The molecule has 2 aromatic carbocycles. The number of nitrogens with zero attached hydrogens (tertiary/aromatic N) is 2. The minimum Gasteiger partial charge on any atom is -0.494 e. The second-order valence-corrected chi connectivity index (χ2v) is 8.57. The molecular formula is C24H26F2N4O3. The monoisotopic (exact) mass is 456 g/mol. The second kappa shape index (κ2) is 9.17. The van der Waals surface area contributed by atoms with Crippen molar-refractivity contribution < 1.29 is 23.1 Å². The number of hydrogen-bond donors (Lipinski definition) is 2. The predicted octanol–water partition coefficient (Wildman–Crippen LogP) is 3.48. The number of fused-ring (bicyclic) bond motifs is 1. The van der Waals surface area contributed by atoms with Crippen molar-refractivity contribution in [2.24, 2.45) is 0 Å². The number of hydrogen-bond acceptors (Lipinski definition) is 4. The number of amides is 2. The number of carbonyl (C=O) groups excluding carboxylic acids is 2. The molecule has 1 aromatic heterocycles. The summed E-state index contributed by atoms with van der Waals surface area (Å²) >= 11 is 0. The summed E-state index contributed by atoms with van der Waals surface area (Å²) in [6.07, 6.45) is 2.13. The first-order valence-electron chi connectivity index (χ1n) is 10.8. The Labute approximate surface area is 190 Å². The Hall–Kier alpha value is -3.49. The van der Waals surface area contributed by atoms with Gasteiger partial charge in [0.2, 0.25) is 11.8 Å². The highest BCUT2D eigenvalue weighted by Crippen LogP contribution is 2.31. The van der Waals surface area contributed by atoms with Crippen molar-refractivity contribution in [2.45, 2.75) is 44.2 Å². The molecule has 0 aliphatic carbocycles. The second-order valence-electron chi connectivity index (χ2n) is 8.57. The molecule has 0 saturated carbocycles. The van der Waals surface area contributed by atoms with E-state index in [0.29, 0.717) is 42.5 Å². The Bertz CT molecular complexity index is 1200. The molecule has 1 fully saturated rings. The number of aromatic amines is 1. The van der Waals surface area contributed by atoms with E-state index < -0.39 is 11.4 Å². The molecule has 0 bridgehead atoms. The van der Waals surface area contributed by atoms with Gasteiger partial charge >= 0.3 is 0 Å². The number of methoxy groups -OCH3 is 1. The van der Waals surface area contributed by atoms with Gasteiger partial charge in [-0.05, 0) is 55.2 Å². The molecule has 2 heterocycles. The Morgan fingerprint density at radius 2 is 2.06 bits per heavy atom. The maximum absolute atomic E-state index is 13.8. The average Bonchev–Trinajstić information content (AvgIpc) is 3.35. The van der Waals surface area contributed by atoms with Crippen molar-refractivity contribution in [1.82, 2.24) is 20.2 Å². The van der Waals surface area contributed by atoms with Crippen molar-refractivity contribution in [3.63, 3.8) is 0 Å². The van der Waals surface area contributed by atoms with Gasteiger partial charge in [-0.1, -0.05) is 6.07 Å². The highest BCUT2D eigenvalue weighted by atomic mass is 19.1. The standard InChI is InChI=1S/C24H26F2N4O3/c1-30(14-21-27-18-6-4-16(25)12-19(18)28-21)23(32)8-10-24(9-7-22(31)29-24)13-15-3-5-17(26)20(11-15)33-2/h3-6,11-12H,7-10,13-14H2,1-2H3,(H,27,28)(H,29,31)/t24-/m0/s1. The third kappa shape index (κ3) is 5.13. The van der Waals surface area contributed by atoms with Gasteiger partial charge in [-0.15, -0.1) is 0 Å². The van der Waals surface area contributed by atoms with Gasteiger partial charge in [0.15, 0.2) is 11.6 Å². The maximum atomic E-state index is 13.8. The smallest absolute Gasteiger partial charge is 0.222 e. The van der Waals surface area contributed by atoms with Gasteiger partial charge in [-0.3, -0.25) is 9.59 Å². The Morgan fingerprint density at radius 3 is 2.79 bits per heavy atom. The third-order valence-electron chi connectivity index (χ3n) is 6.12. The molecule has 1 atom stereocenters. The molecule has 2 N–H and O–H groups in total. The number of nitrogens with one attached hydrogen (secondary N) is 2. The SMILES string of the molecule is COc1cc(C[C@@]2(CCC(=O)N(C)Cc3nc4ccc(F)cc4[nH]3)CCC(=O)N2)ccc1F. The highest BCUT2D eigenvalue weighted by Gasteiger charge is 2.38. The van der Waals surface area contributed by atoms with Gasteiger partial charge in [0.25, 0.3) is 0 Å². The van der Waals surface area contributed by atoms with Gasteiger partial charge in [0.05, 0.1) is 24.7 Å². The Balaban J connectivity index is 1.41. The first-order valence-corrected chi connectivity index (χ1v) is 10.8. The van der Waals surface area contributed by atoms with Crippen LogP contribution in [0.5, 0.6) is 5.75 Å². The molecule has 174 valence electrons. The highest BCUT2D eigenvalue weighted by molar-refractivity contribution is 5.80. The molecule has 7 nitrogen and oxygen atoms in total. The van der Waals surface area contributed by atoms with Gasteiger partial charge in [0, 0.05) is 25.4 Å². The van der Waals surface area contributed by atoms with E-state index in [9.17, 15) is 18.4 Å². The van der Waals surface area contributed by atoms with E-state index >= 15 is 0 Å². The molecule has 1 aliphatic heterocycles.